The van der Waals surface area contributed by atoms with Gasteiger partial charge < -0.3 is 10.6 Å². The second-order valence-electron chi connectivity index (χ2n) is 4.27. The van der Waals surface area contributed by atoms with Crippen molar-refractivity contribution in [2.24, 2.45) is 0 Å². The maximum absolute atomic E-state index is 12.0. The van der Waals surface area contributed by atoms with Gasteiger partial charge in [-0.1, -0.05) is 13.0 Å². The number of hydrogen-bond acceptors (Lipinski definition) is 2. The van der Waals surface area contributed by atoms with Gasteiger partial charge in [-0.25, -0.2) is 0 Å². The highest BCUT2D eigenvalue weighted by molar-refractivity contribution is 5.99. The normalized spacial score (nSPS) is 10.2. The van der Waals surface area contributed by atoms with Crippen molar-refractivity contribution in [2.75, 3.05) is 25.1 Å². The van der Waals surface area contributed by atoms with Crippen molar-refractivity contribution < 1.29 is 9.18 Å². The van der Waals surface area contributed by atoms with Crippen LogP contribution in [0.1, 0.15) is 35.7 Å². The van der Waals surface area contributed by atoms with Crippen molar-refractivity contribution in [1.29, 1.82) is 0 Å². The molecule has 4 heteroatoms. The molecule has 3 nitrogen and oxygen atoms in total. The lowest BCUT2D eigenvalue weighted by molar-refractivity contribution is 0.0953. The Morgan fingerprint density at radius 1 is 1.33 bits per heavy atom. The van der Waals surface area contributed by atoms with Crippen molar-refractivity contribution in [2.45, 2.75) is 26.7 Å². The van der Waals surface area contributed by atoms with E-state index in [9.17, 15) is 9.18 Å². The van der Waals surface area contributed by atoms with Crippen molar-refractivity contribution >= 4 is 11.6 Å². The van der Waals surface area contributed by atoms with Crippen molar-refractivity contribution in [3.8, 4) is 0 Å². The number of rotatable bonds is 7. The van der Waals surface area contributed by atoms with Gasteiger partial charge in [0.2, 0.25) is 0 Å². The van der Waals surface area contributed by atoms with Gasteiger partial charge in [0.15, 0.2) is 0 Å². The summed E-state index contributed by atoms with van der Waals surface area (Å²) in [5.74, 6) is -0.151. The summed E-state index contributed by atoms with van der Waals surface area (Å²) in [5, 5.41) is 5.96. The number of aryl methyl sites for hydroxylation is 1. The third kappa shape index (κ3) is 4.35. The molecule has 1 rings (SSSR count). The molecule has 100 valence electrons. The van der Waals surface area contributed by atoms with E-state index in [-0.39, 0.29) is 5.91 Å². The van der Waals surface area contributed by atoms with Crippen LogP contribution in [0.2, 0.25) is 0 Å². The second-order valence-corrected chi connectivity index (χ2v) is 4.27. The smallest absolute Gasteiger partial charge is 0.253 e. The molecule has 0 aliphatic carbocycles. The first-order valence-corrected chi connectivity index (χ1v) is 6.37. The number of carbonyl (C=O) groups is 1. The first kappa shape index (κ1) is 14.5. The van der Waals surface area contributed by atoms with E-state index < -0.39 is 6.67 Å². The number of benzene rings is 1. The Kier molecular flexibility index (Phi) is 6.19. The monoisotopic (exact) mass is 252 g/mol. The number of amides is 1. The largest absolute Gasteiger partial charge is 0.384 e. The first-order chi connectivity index (χ1) is 8.69. The zero-order chi connectivity index (χ0) is 13.4. The third-order valence-corrected chi connectivity index (χ3v) is 2.58. The zero-order valence-corrected chi connectivity index (χ0v) is 11.1. The molecule has 0 radical (unpaired) electrons. The SMILES string of the molecule is CCCNc1cc(C)ccc1C(=O)NCCCF. The van der Waals surface area contributed by atoms with Gasteiger partial charge in [-0.3, -0.25) is 9.18 Å². The van der Waals surface area contributed by atoms with Crippen LogP contribution in [0.25, 0.3) is 0 Å². The lowest BCUT2D eigenvalue weighted by Crippen LogP contribution is -2.25. The Morgan fingerprint density at radius 3 is 2.78 bits per heavy atom. The summed E-state index contributed by atoms with van der Waals surface area (Å²) in [6, 6.07) is 5.67. The molecule has 0 atom stereocenters. The fourth-order valence-electron chi connectivity index (χ4n) is 1.63. The lowest BCUT2D eigenvalue weighted by Gasteiger charge is -2.12. The van der Waals surface area contributed by atoms with Gasteiger partial charge in [0.1, 0.15) is 0 Å². The number of nitrogens with one attached hydrogen (secondary N) is 2. The molecule has 0 saturated carbocycles. The maximum atomic E-state index is 12.0. The first-order valence-electron chi connectivity index (χ1n) is 6.37. The van der Waals surface area contributed by atoms with E-state index in [2.05, 4.69) is 17.6 Å². The average Bonchev–Trinajstić information content (AvgIpc) is 2.36. The van der Waals surface area contributed by atoms with E-state index >= 15 is 0 Å². The molecule has 0 bridgehead atoms. The molecular weight excluding hydrogens is 231 g/mol. The van der Waals surface area contributed by atoms with E-state index in [1.54, 1.807) is 6.07 Å². The molecule has 0 fully saturated rings. The molecule has 2 N–H and O–H groups in total. The maximum Gasteiger partial charge on any atom is 0.253 e. The quantitative estimate of drug-likeness (QED) is 0.733. The Morgan fingerprint density at radius 2 is 2.11 bits per heavy atom. The number of hydrogen-bond donors (Lipinski definition) is 2. The molecule has 1 amide bonds. The van der Waals surface area contributed by atoms with Crippen LogP contribution >= 0.6 is 0 Å². The van der Waals surface area contributed by atoms with E-state index in [0.717, 1.165) is 24.2 Å². The van der Waals surface area contributed by atoms with E-state index in [1.165, 1.54) is 0 Å². The Hall–Kier alpha value is -1.58. The van der Waals surface area contributed by atoms with Crippen LogP contribution in [-0.4, -0.2) is 25.7 Å². The number of alkyl halides is 1. The molecular formula is C14H21FN2O. The summed E-state index contributed by atoms with van der Waals surface area (Å²) in [7, 11) is 0. The van der Waals surface area contributed by atoms with Crippen LogP contribution in [0.4, 0.5) is 10.1 Å². The summed E-state index contributed by atoms with van der Waals surface area (Å²) in [5.41, 5.74) is 2.57. The third-order valence-electron chi connectivity index (χ3n) is 2.58. The minimum absolute atomic E-state index is 0.151. The zero-order valence-electron chi connectivity index (χ0n) is 11.1. The molecule has 0 aliphatic heterocycles. The predicted molar refractivity (Wildman–Crippen MR) is 72.9 cm³/mol. The molecule has 0 aliphatic rings. The molecule has 0 spiro atoms. The number of anilines is 1. The van der Waals surface area contributed by atoms with Gasteiger partial charge in [0.25, 0.3) is 5.91 Å². The van der Waals surface area contributed by atoms with Gasteiger partial charge in [-0.15, -0.1) is 0 Å². The minimum atomic E-state index is -0.408. The average molecular weight is 252 g/mol. The van der Waals surface area contributed by atoms with Crippen LogP contribution < -0.4 is 10.6 Å². The molecule has 0 heterocycles. The Balaban J connectivity index is 2.75. The number of halogens is 1. The van der Waals surface area contributed by atoms with Gasteiger partial charge in [-0.2, -0.15) is 0 Å². The standard InChI is InChI=1S/C14H21FN2O/c1-3-8-16-13-10-11(2)5-6-12(13)14(18)17-9-4-7-15/h5-6,10,16H,3-4,7-9H2,1-2H3,(H,17,18). The molecule has 1 aromatic carbocycles. The van der Waals surface area contributed by atoms with Gasteiger partial charge in [0, 0.05) is 18.8 Å². The highest BCUT2D eigenvalue weighted by Crippen LogP contribution is 2.17. The van der Waals surface area contributed by atoms with Crippen molar-refractivity contribution in [3.63, 3.8) is 0 Å². The summed E-state index contributed by atoms with van der Waals surface area (Å²) in [6.07, 6.45) is 1.35. The van der Waals surface area contributed by atoms with Gasteiger partial charge in [-0.05, 0) is 37.5 Å². The molecule has 0 aromatic heterocycles. The van der Waals surface area contributed by atoms with Crippen LogP contribution in [0.3, 0.4) is 0 Å². The Labute approximate surface area is 108 Å². The fourth-order valence-corrected chi connectivity index (χ4v) is 1.63. The van der Waals surface area contributed by atoms with E-state index in [4.69, 9.17) is 0 Å². The van der Waals surface area contributed by atoms with Crippen LogP contribution in [-0.2, 0) is 0 Å². The molecule has 0 saturated heterocycles. The number of carbonyl (C=O) groups excluding carboxylic acids is 1. The highest BCUT2D eigenvalue weighted by Gasteiger charge is 2.10. The summed E-state index contributed by atoms with van der Waals surface area (Å²) in [6.45, 7) is 4.85. The second kappa shape index (κ2) is 7.69. The highest BCUT2D eigenvalue weighted by atomic mass is 19.1. The van der Waals surface area contributed by atoms with E-state index in [1.807, 2.05) is 19.1 Å². The fraction of sp³-hybridized carbons (Fsp3) is 0.500. The van der Waals surface area contributed by atoms with Gasteiger partial charge in [0.05, 0.1) is 12.2 Å². The van der Waals surface area contributed by atoms with E-state index in [0.29, 0.717) is 18.5 Å². The lowest BCUT2D eigenvalue weighted by atomic mass is 10.1. The van der Waals surface area contributed by atoms with Crippen LogP contribution in [0.15, 0.2) is 18.2 Å². The summed E-state index contributed by atoms with van der Waals surface area (Å²) in [4.78, 5) is 11.9. The molecule has 0 unspecified atom stereocenters. The van der Waals surface area contributed by atoms with Gasteiger partial charge >= 0.3 is 0 Å². The molecule has 18 heavy (non-hydrogen) atoms. The van der Waals surface area contributed by atoms with Crippen molar-refractivity contribution in [3.05, 3.63) is 29.3 Å². The predicted octanol–water partition coefficient (Wildman–Crippen LogP) is 2.91. The minimum Gasteiger partial charge on any atom is -0.384 e. The topological polar surface area (TPSA) is 41.1 Å². The Bertz CT molecular complexity index is 393. The summed E-state index contributed by atoms with van der Waals surface area (Å²) < 4.78 is 12.0. The van der Waals surface area contributed by atoms with Crippen molar-refractivity contribution in [1.82, 2.24) is 5.32 Å². The van der Waals surface area contributed by atoms with Crippen LogP contribution in [0, 0.1) is 6.92 Å². The summed E-state index contributed by atoms with van der Waals surface area (Å²) >= 11 is 0. The van der Waals surface area contributed by atoms with Crippen LogP contribution in [0.5, 0.6) is 0 Å². The molecule has 1 aromatic rings.